The molecule has 0 amide bonds. The highest BCUT2D eigenvalue weighted by Gasteiger charge is 2.31. The molecule has 2 aromatic rings. The molecule has 0 saturated carbocycles. The molecule has 0 saturated heterocycles. The third-order valence-corrected chi connectivity index (χ3v) is 2.29. The Labute approximate surface area is 108 Å². The van der Waals surface area contributed by atoms with Crippen LogP contribution in [0.3, 0.4) is 0 Å². The Morgan fingerprint density at radius 2 is 1.79 bits per heavy atom. The Bertz CT molecular complexity index is 512. The van der Waals surface area contributed by atoms with Gasteiger partial charge in [0.05, 0.1) is 6.20 Å². The number of rotatable bonds is 4. The standard InChI is InChI=1S/C13H11F3N2O/c14-13(15,16)19-11-6-7-12(18-9-11)17-8-10-4-2-1-3-5-10/h1-7,9H,8H2,(H,17,18). The smallest absolute Gasteiger partial charge is 0.404 e. The van der Waals surface area contributed by atoms with Crippen LogP contribution in [0.15, 0.2) is 48.7 Å². The minimum Gasteiger partial charge on any atom is -0.404 e. The number of benzene rings is 1. The van der Waals surface area contributed by atoms with E-state index in [-0.39, 0.29) is 5.75 Å². The van der Waals surface area contributed by atoms with Crippen LogP contribution in [0.25, 0.3) is 0 Å². The number of nitrogens with zero attached hydrogens (tertiary/aromatic N) is 1. The van der Waals surface area contributed by atoms with Crippen LogP contribution in [-0.2, 0) is 6.54 Å². The number of halogens is 3. The number of aromatic nitrogens is 1. The summed E-state index contributed by atoms with van der Waals surface area (Å²) in [5.74, 6) is 0.149. The number of hydrogen-bond donors (Lipinski definition) is 1. The maximum absolute atomic E-state index is 11.9. The first-order valence-electron chi connectivity index (χ1n) is 5.52. The maximum Gasteiger partial charge on any atom is 0.573 e. The molecule has 1 aromatic carbocycles. The van der Waals surface area contributed by atoms with Gasteiger partial charge in [0.1, 0.15) is 11.6 Å². The molecular formula is C13H11F3N2O. The summed E-state index contributed by atoms with van der Waals surface area (Å²) in [7, 11) is 0. The van der Waals surface area contributed by atoms with Gasteiger partial charge in [0.25, 0.3) is 0 Å². The molecule has 100 valence electrons. The molecule has 0 atom stereocenters. The summed E-state index contributed by atoms with van der Waals surface area (Å²) in [5.41, 5.74) is 1.06. The Morgan fingerprint density at radius 3 is 2.37 bits per heavy atom. The molecule has 2 rings (SSSR count). The summed E-state index contributed by atoms with van der Waals surface area (Å²) in [6.07, 6.45) is -3.67. The van der Waals surface area contributed by atoms with Gasteiger partial charge < -0.3 is 10.1 Å². The predicted octanol–water partition coefficient (Wildman–Crippen LogP) is 3.59. The van der Waals surface area contributed by atoms with Crippen molar-refractivity contribution in [3.05, 3.63) is 54.2 Å². The van der Waals surface area contributed by atoms with Crippen LogP contribution >= 0.6 is 0 Å². The van der Waals surface area contributed by atoms with Gasteiger partial charge in [-0.15, -0.1) is 13.2 Å². The fraction of sp³-hybridized carbons (Fsp3) is 0.154. The Hall–Kier alpha value is -2.24. The van der Waals surface area contributed by atoms with Gasteiger partial charge in [0.15, 0.2) is 0 Å². The molecule has 0 bridgehead atoms. The zero-order valence-electron chi connectivity index (χ0n) is 9.82. The number of anilines is 1. The van der Waals surface area contributed by atoms with Gasteiger partial charge in [-0.2, -0.15) is 0 Å². The lowest BCUT2D eigenvalue weighted by molar-refractivity contribution is -0.274. The van der Waals surface area contributed by atoms with Gasteiger partial charge in [-0.25, -0.2) is 4.98 Å². The van der Waals surface area contributed by atoms with Crippen LogP contribution < -0.4 is 10.1 Å². The van der Waals surface area contributed by atoms with Gasteiger partial charge >= 0.3 is 6.36 Å². The fourth-order valence-corrected chi connectivity index (χ4v) is 1.47. The van der Waals surface area contributed by atoms with Crippen molar-refractivity contribution in [2.45, 2.75) is 12.9 Å². The fourth-order valence-electron chi connectivity index (χ4n) is 1.47. The number of ether oxygens (including phenoxy) is 1. The lowest BCUT2D eigenvalue weighted by Gasteiger charge is -2.09. The van der Waals surface area contributed by atoms with Gasteiger partial charge in [0, 0.05) is 6.54 Å². The monoisotopic (exact) mass is 268 g/mol. The highest BCUT2D eigenvalue weighted by atomic mass is 19.4. The number of pyridine rings is 1. The SMILES string of the molecule is FC(F)(F)Oc1ccc(NCc2ccccc2)nc1. The van der Waals surface area contributed by atoms with Crippen molar-refractivity contribution < 1.29 is 17.9 Å². The zero-order valence-corrected chi connectivity index (χ0v) is 9.82. The molecule has 0 unspecified atom stereocenters. The second-order valence-corrected chi connectivity index (χ2v) is 3.77. The lowest BCUT2D eigenvalue weighted by atomic mass is 10.2. The first-order chi connectivity index (χ1) is 9.03. The number of hydrogen-bond acceptors (Lipinski definition) is 3. The normalized spacial score (nSPS) is 11.1. The van der Waals surface area contributed by atoms with E-state index in [9.17, 15) is 13.2 Å². The van der Waals surface area contributed by atoms with Crippen molar-refractivity contribution in [2.75, 3.05) is 5.32 Å². The summed E-state index contributed by atoms with van der Waals surface area (Å²) in [6, 6.07) is 12.3. The minimum absolute atomic E-state index is 0.335. The van der Waals surface area contributed by atoms with E-state index < -0.39 is 6.36 Å². The average molecular weight is 268 g/mol. The van der Waals surface area contributed by atoms with Gasteiger partial charge in [-0.3, -0.25) is 0 Å². The molecule has 1 aromatic heterocycles. The van der Waals surface area contributed by atoms with E-state index in [1.807, 2.05) is 30.3 Å². The van der Waals surface area contributed by atoms with Crippen LogP contribution in [0, 0.1) is 0 Å². The largest absolute Gasteiger partial charge is 0.573 e. The molecule has 19 heavy (non-hydrogen) atoms. The molecule has 0 radical (unpaired) electrons. The average Bonchev–Trinajstić information content (AvgIpc) is 2.37. The van der Waals surface area contributed by atoms with Gasteiger partial charge in [-0.05, 0) is 17.7 Å². The topological polar surface area (TPSA) is 34.1 Å². The van der Waals surface area contributed by atoms with E-state index in [1.54, 1.807) is 0 Å². The molecular weight excluding hydrogens is 257 g/mol. The lowest BCUT2D eigenvalue weighted by Crippen LogP contribution is -2.17. The summed E-state index contributed by atoms with van der Waals surface area (Å²) in [6.45, 7) is 0.549. The summed E-state index contributed by atoms with van der Waals surface area (Å²) in [5, 5.41) is 3.00. The zero-order chi connectivity index (χ0) is 13.7. The van der Waals surface area contributed by atoms with Crippen molar-refractivity contribution in [3.63, 3.8) is 0 Å². The van der Waals surface area contributed by atoms with Gasteiger partial charge in [0.2, 0.25) is 0 Å². The van der Waals surface area contributed by atoms with Crippen LogP contribution in [-0.4, -0.2) is 11.3 Å². The molecule has 0 fully saturated rings. The van der Waals surface area contributed by atoms with Crippen LogP contribution in [0.4, 0.5) is 19.0 Å². The molecule has 6 heteroatoms. The second kappa shape index (κ2) is 5.60. The first kappa shape index (κ1) is 13.2. The van der Waals surface area contributed by atoms with E-state index in [1.165, 1.54) is 12.1 Å². The first-order valence-corrected chi connectivity index (χ1v) is 5.52. The molecule has 0 spiro atoms. The van der Waals surface area contributed by atoms with Crippen LogP contribution in [0.1, 0.15) is 5.56 Å². The van der Waals surface area contributed by atoms with Crippen LogP contribution in [0.2, 0.25) is 0 Å². The Kier molecular flexibility index (Phi) is 3.89. The summed E-state index contributed by atoms with van der Waals surface area (Å²) >= 11 is 0. The van der Waals surface area contributed by atoms with Crippen molar-refractivity contribution in [1.29, 1.82) is 0 Å². The molecule has 0 aliphatic rings. The Morgan fingerprint density at radius 1 is 1.05 bits per heavy atom. The van der Waals surface area contributed by atoms with E-state index in [0.29, 0.717) is 12.4 Å². The minimum atomic E-state index is -4.69. The van der Waals surface area contributed by atoms with E-state index in [2.05, 4.69) is 15.0 Å². The molecule has 3 nitrogen and oxygen atoms in total. The highest BCUT2D eigenvalue weighted by molar-refractivity contribution is 5.38. The van der Waals surface area contributed by atoms with E-state index in [0.717, 1.165) is 11.8 Å². The number of alkyl halides is 3. The van der Waals surface area contributed by atoms with E-state index in [4.69, 9.17) is 0 Å². The highest BCUT2D eigenvalue weighted by Crippen LogP contribution is 2.22. The predicted molar refractivity (Wildman–Crippen MR) is 64.7 cm³/mol. The molecule has 1 heterocycles. The van der Waals surface area contributed by atoms with Crippen molar-refractivity contribution in [1.82, 2.24) is 4.98 Å². The number of nitrogens with one attached hydrogen (secondary N) is 1. The third-order valence-electron chi connectivity index (χ3n) is 2.29. The Balaban J connectivity index is 1.92. The van der Waals surface area contributed by atoms with Gasteiger partial charge in [-0.1, -0.05) is 30.3 Å². The van der Waals surface area contributed by atoms with E-state index >= 15 is 0 Å². The third kappa shape index (κ3) is 4.50. The maximum atomic E-state index is 11.9. The molecule has 0 aliphatic carbocycles. The van der Waals surface area contributed by atoms with Crippen molar-refractivity contribution in [2.24, 2.45) is 0 Å². The van der Waals surface area contributed by atoms with Crippen LogP contribution in [0.5, 0.6) is 5.75 Å². The quantitative estimate of drug-likeness (QED) is 0.920. The van der Waals surface area contributed by atoms with Crippen molar-refractivity contribution in [3.8, 4) is 5.75 Å². The summed E-state index contributed by atoms with van der Waals surface area (Å²) < 4.78 is 39.6. The molecule has 1 N–H and O–H groups in total. The van der Waals surface area contributed by atoms with Crippen molar-refractivity contribution >= 4 is 5.82 Å². The second-order valence-electron chi connectivity index (χ2n) is 3.77. The molecule has 0 aliphatic heterocycles. The summed E-state index contributed by atoms with van der Waals surface area (Å²) in [4.78, 5) is 3.84.